The molecule has 2 rings (SSSR count). The number of nitrogens with zero attached hydrogens (tertiary/aromatic N) is 2. The van der Waals surface area contributed by atoms with E-state index in [1.807, 2.05) is 0 Å². The molecule has 0 atom stereocenters. The lowest BCUT2D eigenvalue weighted by molar-refractivity contribution is -0.154. The summed E-state index contributed by atoms with van der Waals surface area (Å²) in [4.78, 5) is 17.3. The van der Waals surface area contributed by atoms with Crippen LogP contribution in [0.25, 0.3) is 0 Å². The van der Waals surface area contributed by atoms with E-state index >= 15 is 0 Å². The summed E-state index contributed by atoms with van der Waals surface area (Å²) in [6.45, 7) is 0.533. The summed E-state index contributed by atoms with van der Waals surface area (Å²) in [5.41, 5.74) is 0.311. The van der Waals surface area contributed by atoms with Crippen LogP contribution < -0.4 is 4.74 Å². The Kier molecular flexibility index (Phi) is 4.43. The van der Waals surface area contributed by atoms with Crippen LogP contribution in [0.3, 0.4) is 0 Å². The highest BCUT2D eigenvalue weighted by atomic mass is 19.4. The van der Waals surface area contributed by atoms with Crippen molar-refractivity contribution in [3.8, 4) is 5.88 Å². The van der Waals surface area contributed by atoms with Crippen molar-refractivity contribution in [1.82, 2.24) is 9.88 Å². The summed E-state index contributed by atoms with van der Waals surface area (Å²) in [5.74, 6) is -0.385. The van der Waals surface area contributed by atoms with Gasteiger partial charge in [-0.05, 0) is 6.07 Å². The van der Waals surface area contributed by atoms with E-state index in [1.165, 1.54) is 18.3 Å². The van der Waals surface area contributed by atoms with Crippen molar-refractivity contribution in [2.45, 2.75) is 6.18 Å². The second-order valence-corrected chi connectivity index (χ2v) is 4.19. The third-order valence-electron chi connectivity index (χ3n) is 2.67. The minimum absolute atomic E-state index is 0.166. The Morgan fingerprint density at radius 1 is 1.35 bits per heavy atom. The first-order valence-electron chi connectivity index (χ1n) is 5.98. The van der Waals surface area contributed by atoms with E-state index < -0.39 is 12.8 Å². The maximum atomic E-state index is 12.0. The molecule has 8 heteroatoms. The highest BCUT2D eigenvalue weighted by Gasteiger charge is 2.28. The van der Waals surface area contributed by atoms with E-state index in [-0.39, 0.29) is 11.8 Å². The van der Waals surface area contributed by atoms with E-state index in [2.05, 4.69) is 9.72 Å². The summed E-state index contributed by atoms with van der Waals surface area (Å²) < 4.78 is 45.5. The quantitative estimate of drug-likeness (QED) is 0.846. The van der Waals surface area contributed by atoms with Gasteiger partial charge in [-0.25, -0.2) is 4.98 Å². The van der Waals surface area contributed by atoms with Crippen LogP contribution in [0.15, 0.2) is 18.3 Å². The summed E-state index contributed by atoms with van der Waals surface area (Å²) >= 11 is 0. The minimum Gasteiger partial charge on any atom is -0.468 e. The van der Waals surface area contributed by atoms with Crippen LogP contribution in [0.4, 0.5) is 13.2 Å². The van der Waals surface area contributed by atoms with Gasteiger partial charge in [0.15, 0.2) is 6.61 Å². The molecule has 0 aliphatic carbocycles. The molecule has 1 aromatic rings. The van der Waals surface area contributed by atoms with E-state index in [0.717, 1.165) is 0 Å². The molecule has 0 bridgehead atoms. The molecule has 1 fully saturated rings. The van der Waals surface area contributed by atoms with E-state index in [4.69, 9.17) is 4.74 Å². The van der Waals surface area contributed by atoms with Gasteiger partial charge in [0.25, 0.3) is 5.91 Å². The van der Waals surface area contributed by atoms with Crippen molar-refractivity contribution in [2.24, 2.45) is 0 Å². The number of carbonyl (C=O) groups is 1. The normalized spacial score (nSPS) is 16.1. The SMILES string of the molecule is O=C(c1ccc(OCC(F)(F)F)nc1)N1CCOCC1. The first kappa shape index (κ1) is 14.6. The van der Waals surface area contributed by atoms with Crippen LogP contribution in [0.1, 0.15) is 10.4 Å². The monoisotopic (exact) mass is 290 g/mol. The van der Waals surface area contributed by atoms with Crippen molar-refractivity contribution in [2.75, 3.05) is 32.9 Å². The largest absolute Gasteiger partial charge is 0.468 e. The molecule has 2 heterocycles. The zero-order valence-electron chi connectivity index (χ0n) is 10.5. The predicted molar refractivity (Wildman–Crippen MR) is 62.5 cm³/mol. The Hall–Kier alpha value is -1.83. The number of hydrogen-bond donors (Lipinski definition) is 0. The zero-order valence-corrected chi connectivity index (χ0v) is 10.5. The highest BCUT2D eigenvalue weighted by molar-refractivity contribution is 5.94. The number of hydrogen-bond acceptors (Lipinski definition) is 4. The van der Waals surface area contributed by atoms with Gasteiger partial charge in [-0.2, -0.15) is 13.2 Å². The Morgan fingerprint density at radius 2 is 2.05 bits per heavy atom. The minimum atomic E-state index is -4.41. The fourth-order valence-corrected chi connectivity index (χ4v) is 1.70. The lowest BCUT2D eigenvalue weighted by Gasteiger charge is -2.26. The van der Waals surface area contributed by atoms with Gasteiger partial charge in [0, 0.05) is 25.4 Å². The predicted octanol–water partition coefficient (Wildman–Crippen LogP) is 1.50. The molecule has 110 valence electrons. The molecule has 0 spiro atoms. The lowest BCUT2D eigenvalue weighted by Crippen LogP contribution is -2.40. The van der Waals surface area contributed by atoms with Gasteiger partial charge in [0.05, 0.1) is 18.8 Å². The van der Waals surface area contributed by atoms with Crippen molar-refractivity contribution < 1.29 is 27.4 Å². The zero-order chi connectivity index (χ0) is 14.6. The maximum Gasteiger partial charge on any atom is 0.422 e. The fraction of sp³-hybridized carbons (Fsp3) is 0.500. The van der Waals surface area contributed by atoms with Crippen LogP contribution in [-0.2, 0) is 4.74 Å². The topological polar surface area (TPSA) is 51.7 Å². The molecule has 0 N–H and O–H groups in total. The number of pyridine rings is 1. The molecule has 0 radical (unpaired) electrons. The molecule has 1 aromatic heterocycles. The summed E-state index contributed by atoms with van der Waals surface area (Å²) in [5, 5.41) is 0. The molecule has 5 nitrogen and oxygen atoms in total. The second kappa shape index (κ2) is 6.08. The third-order valence-corrected chi connectivity index (χ3v) is 2.67. The van der Waals surface area contributed by atoms with Gasteiger partial charge in [0.1, 0.15) is 0 Å². The van der Waals surface area contributed by atoms with Crippen molar-refractivity contribution >= 4 is 5.91 Å². The molecule has 0 aromatic carbocycles. The maximum absolute atomic E-state index is 12.0. The molecule has 1 aliphatic heterocycles. The van der Waals surface area contributed by atoms with Crippen molar-refractivity contribution in [3.63, 3.8) is 0 Å². The number of aromatic nitrogens is 1. The van der Waals surface area contributed by atoms with Crippen LogP contribution in [0.2, 0.25) is 0 Å². The van der Waals surface area contributed by atoms with Crippen LogP contribution in [0, 0.1) is 0 Å². The van der Waals surface area contributed by atoms with Crippen LogP contribution in [-0.4, -0.2) is 54.9 Å². The molecule has 1 amide bonds. The fourth-order valence-electron chi connectivity index (χ4n) is 1.70. The first-order chi connectivity index (χ1) is 9.46. The molecule has 1 saturated heterocycles. The smallest absolute Gasteiger partial charge is 0.422 e. The van der Waals surface area contributed by atoms with Gasteiger partial charge in [0.2, 0.25) is 5.88 Å². The average molecular weight is 290 g/mol. The standard InChI is InChI=1S/C12H13F3N2O3/c13-12(14,15)8-20-10-2-1-9(7-16-10)11(18)17-3-5-19-6-4-17/h1-2,7H,3-6,8H2. The molecule has 20 heavy (non-hydrogen) atoms. The number of carbonyl (C=O) groups excluding carboxylic acids is 1. The molecular weight excluding hydrogens is 277 g/mol. The number of halogens is 3. The number of rotatable bonds is 3. The van der Waals surface area contributed by atoms with E-state index in [1.54, 1.807) is 4.90 Å². The number of ether oxygens (including phenoxy) is 2. The number of amides is 1. The average Bonchev–Trinajstić information content (AvgIpc) is 2.45. The highest BCUT2D eigenvalue weighted by Crippen LogP contribution is 2.17. The van der Waals surface area contributed by atoms with Crippen molar-refractivity contribution in [1.29, 1.82) is 0 Å². The van der Waals surface area contributed by atoms with Gasteiger partial charge >= 0.3 is 6.18 Å². The Bertz CT molecular complexity index is 456. The molecule has 0 unspecified atom stereocenters. The van der Waals surface area contributed by atoms with Crippen LogP contribution >= 0.6 is 0 Å². The summed E-state index contributed by atoms with van der Waals surface area (Å²) in [6.07, 6.45) is -3.20. The van der Waals surface area contributed by atoms with E-state index in [0.29, 0.717) is 31.9 Å². The first-order valence-corrected chi connectivity index (χ1v) is 5.98. The Balaban J connectivity index is 1.95. The second-order valence-electron chi connectivity index (χ2n) is 4.19. The third kappa shape index (κ3) is 4.09. The van der Waals surface area contributed by atoms with E-state index in [9.17, 15) is 18.0 Å². The van der Waals surface area contributed by atoms with Gasteiger partial charge in [-0.15, -0.1) is 0 Å². The summed E-state index contributed by atoms with van der Waals surface area (Å²) in [6, 6.07) is 2.65. The van der Waals surface area contributed by atoms with Crippen molar-refractivity contribution in [3.05, 3.63) is 23.9 Å². The molecular formula is C12H13F3N2O3. The number of alkyl halides is 3. The van der Waals surface area contributed by atoms with Gasteiger partial charge in [-0.3, -0.25) is 4.79 Å². The summed E-state index contributed by atoms with van der Waals surface area (Å²) in [7, 11) is 0. The van der Waals surface area contributed by atoms with Crippen LogP contribution in [0.5, 0.6) is 5.88 Å². The molecule has 0 saturated carbocycles. The Morgan fingerprint density at radius 3 is 2.60 bits per heavy atom. The molecule has 1 aliphatic rings. The lowest BCUT2D eigenvalue weighted by atomic mass is 10.2. The number of morpholine rings is 1. The van der Waals surface area contributed by atoms with Gasteiger partial charge < -0.3 is 14.4 Å². The van der Waals surface area contributed by atoms with Gasteiger partial charge in [-0.1, -0.05) is 0 Å². The Labute approximate surface area is 113 Å².